The van der Waals surface area contributed by atoms with Crippen molar-refractivity contribution in [3.8, 4) is 16.9 Å². The van der Waals surface area contributed by atoms with Crippen LogP contribution in [0.3, 0.4) is 0 Å². The number of benzene rings is 4. The van der Waals surface area contributed by atoms with Gasteiger partial charge in [-0.1, -0.05) is 104 Å². The molecule has 0 atom stereocenters. The van der Waals surface area contributed by atoms with E-state index >= 15 is 0 Å². The molecule has 6 rings (SSSR count). The molecule has 1 heterocycles. The molecule has 2 amide bonds. The summed E-state index contributed by atoms with van der Waals surface area (Å²) in [7, 11) is 0. The van der Waals surface area contributed by atoms with Crippen LogP contribution in [0, 0.1) is 0 Å². The minimum absolute atomic E-state index is 0.177. The number of carbonyl (C=O) groups is 1. The topological polar surface area (TPSA) is 66.5 Å². The third-order valence-corrected chi connectivity index (χ3v) is 8.55. The third-order valence-electron chi connectivity index (χ3n) is 8.55. The summed E-state index contributed by atoms with van der Waals surface area (Å²) in [5, 5.41) is 6.79. The average molecular weight is 611 g/mol. The number of amides is 2. The smallest absolute Gasteiger partial charge is 0.322 e. The molecule has 0 saturated heterocycles. The van der Waals surface area contributed by atoms with Crippen LogP contribution in [-0.2, 0) is 26.2 Å². The fourth-order valence-corrected chi connectivity index (χ4v) is 5.90. The number of hydrogen-bond acceptors (Lipinski definition) is 4. The third kappa shape index (κ3) is 9.05. The molecule has 234 valence electrons. The molecule has 1 aliphatic rings. The first kappa shape index (κ1) is 31.1. The van der Waals surface area contributed by atoms with Gasteiger partial charge in [-0.3, -0.25) is 4.98 Å². The summed E-state index contributed by atoms with van der Waals surface area (Å²) in [6.07, 6.45) is 10.2. The highest BCUT2D eigenvalue weighted by Gasteiger charge is 2.16. The maximum absolute atomic E-state index is 13.5. The van der Waals surface area contributed by atoms with Gasteiger partial charge >= 0.3 is 6.03 Å². The Bertz CT molecular complexity index is 1630. The van der Waals surface area contributed by atoms with E-state index in [1.165, 1.54) is 43.2 Å². The van der Waals surface area contributed by atoms with Crippen molar-refractivity contribution >= 4 is 11.7 Å². The Labute approximate surface area is 272 Å². The minimum atomic E-state index is -0.177. The van der Waals surface area contributed by atoms with E-state index in [9.17, 15) is 4.79 Å². The molecule has 0 aliphatic heterocycles. The van der Waals surface area contributed by atoms with Crippen molar-refractivity contribution in [3.63, 3.8) is 0 Å². The Morgan fingerprint density at radius 2 is 1.35 bits per heavy atom. The van der Waals surface area contributed by atoms with E-state index in [0.29, 0.717) is 31.4 Å². The molecular formula is C40H42N4O2. The zero-order valence-electron chi connectivity index (χ0n) is 26.3. The van der Waals surface area contributed by atoms with E-state index in [1.54, 1.807) is 17.3 Å². The van der Waals surface area contributed by atoms with E-state index < -0.39 is 0 Å². The summed E-state index contributed by atoms with van der Waals surface area (Å²) < 4.78 is 5.91. The van der Waals surface area contributed by atoms with E-state index in [-0.39, 0.29) is 6.03 Å². The van der Waals surface area contributed by atoms with E-state index in [0.717, 1.165) is 34.5 Å². The summed E-state index contributed by atoms with van der Waals surface area (Å²) in [6, 6.07) is 39.3. The second-order valence-corrected chi connectivity index (χ2v) is 12.1. The number of carbonyl (C=O) groups excluding carboxylic acids is 1. The molecule has 0 bridgehead atoms. The van der Waals surface area contributed by atoms with Crippen LogP contribution in [0.1, 0.15) is 54.4 Å². The largest absolute Gasteiger partial charge is 0.489 e. The predicted molar refractivity (Wildman–Crippen MR) is 185 cm³/mol. The van der Waals surface area contributed by atoms with E-state index in [2.05, 4.69) is 64.1 Å². The van der Waals surface area contributed by atoms with Crippen LogP contribution >= 0.6 is 0 Å². The van der Waals surface area contributed by atoms with Crippen molar-refractivity contribution in [2.75, 3.05) is 5.32 Å². The quantitative estimate of drug-likeness (QED) is 0.148. The normalized spacial score (nSPS) is 13.2. The van der Waals surface area contributed by atoms with Crippen molar-refractivity contribution in [1.29, 1.82) is 0 Å². The van der Waals surface area contributed by atoms with Crippen LogP contribution in [0.5, 0.6) is 5.75 Å². The molecular weight excluding hydrogens is 568 g/mol. The predicted octanol–water partition coefficient (Wildman–Crippen LogP) is 8.98. The molecule has 0 spiro atoms. The summed E-state index contributed by atoms with van der Waals surface area (Å²) in [5.41, 5.74) is 7.51. The first-order valence-electron chi connectivity index (χ1n) is 16.3. The van der Waals surface area contributed by atoms with Gasteiger partial charge in [-0.15, -0.1) is 0 Å². The Hall–Kier alpha value is -4.94. The lowest BCUT2D eigenvalue weighted by atomic mass is 9.95. The van der Waals surface area contributed by atoms with Gasteiger partial charge in [0.1, 0.15) is 12.4 Å². The number of pyridine rings is 1. The molecule has 1 aromatic heterocycles. The molecule has 0 unspecified atom stereocenters. The van der Waals surface area contributed by atoms with Crippen molar-refractivity contribution in [2.45, 2.75) is 64.4 Å². The summed E-state index contributed by atoms with van der Waals surface area (Å²) in [5.74, 6) is 0.750. The van der Waals surface area contributed by atoms with Crippen LogP contribution in [-0.4, -0.2) is 22.0 Å². The molecule has 2 N–H and O–H groups in total. The van der Waals surface area contributed by atoms with Crippen LogP contribution in [0.15, 0.2) is 128 Å². The molecule has 6 nitrogen and oxygen atoms in total. The number of ether oxygens (including phenoxy) is 1. The average Bonchev–Trinajstić information content (AvgIpc) is 3.12. The van der Waals surface area contributed by atoms with Gasteiger partial charge in [-0.2, -0.15) is 0 Å². The van der Waals surface area contributed by atoms with Gasteiger partial charge in [-0.05, 0) is 76.6 Å². The van der Waals surface area contributed by atoms with E-state index in [4.69, 9.17) is 4.74 Å². The molecule has 1 saturated carbocycles. The number of anilines is 1. The van der Waals surface area contributed by atoms with Gasteiger partial charge in [0.2, 0.25) is 0 Å². The zero-order chi connectivity index (χ0) is 31.4. The molecule has 6 heteroatoms. The molecule has 5 aromatic rings. The van der Waals surface area contributed by atoms with Crippen molar-refractivity contribution in [3.05, 3.63) is 150 Å². The first-order valence-corrected chi connectivity index (χ1v) is 16.3. The Morgan fingerprint density at radius 1 is 0.696 bits per heavy atom. The van der Waals surface area contributed by atoms with Crippen molar-refractivity contribution < 1.29 is 9.53 Å². The standard InChI is InChI=1S/C40H42N4O2/c45-40(43-38-21-23-39(24-22-38)46-30-33-8-3-1-4-9-33)44(29-34-10-7-25-41-26-34)28-32-15-19-36(20-16-32)35-17-13-31(14-18-35)27-42-37-11-5-2-6-12-37/h1,3-4,7-10,13-26,37,42H,2,5-6,11-12,27-30H2,(H,43,45). The number of nitrogens with zero attached hydrogens (tertiary/aromatic N) is 2. The number of aromatic nitrogens is 1. The lowest BCUT2D eigenvalue weighted by Gasteiger charge is -2.23. The highest BCUT2D eigenvalue weighted by atomic mass is 16.5. The first-order chi connectivity index (χ1) is 22.7. The van der Waals surface area contributed by atoms with Crippen molar-refractivity contribution in [1.82, 2.24) is 15.2 Å². The van der Waals surface area contributed by atoms with Gasteiger partial charge in [0.15, 0.2) is 0 Å². The second-order valence-electron chi connectivity index (χ2n) is 12.1. The fraction of sp³-hybridized carbons (Fsp3) is 0.250. The van der Waals surface area contributed by atoms with Crippen molar-refractivity contribution in [2.24, 2.45) is 0 Å². The van der Waals surface area contributed by atoms with E-state index in [1.807, 2.05) is 66.7 Å². The minimum Gasteiger partial charge on any atom is -0.489 e. The number of urea groups is 1. The van der Waals surface area contributed by atoms with Gasteiger partial charge in [0, 0.05) is 43.8 Å². The Kier molecular flexibility index (Phi) is 10.7. The van der Waals surface area contributed by atoms with Gasteiger partial charge < -0.3 is 20.3 Å². The second kappa shape index (κ2) is 15.9. The zero-order valence-corrected chi connectivity index (χ0v) is 26.3. The number of hydrogen-bond donors (Lipinski definition) is 2. The Balaban J connectivity index is 1.07. The Morgan fingerprint density at radius 3 is 2.02 bits per heavy atom. The van der Waals surface area contributed by atoms with Crippen LogP contribution in [0.4, 0.5) is 10.5 Å². The fourth-order valence-electron chi connectivity index (χ4n) is 5.90. The highest BCUT2D eigenvalue weighted by molar-refractivity contribution is 5.89. The van der Waals surface area contributed by atoms with Gasteiger partial charge in [0.25, 0.3) is 0 Å². The molecule has 46 heavy (non-hydrogen) atoms. The SMILES string of the molecule is O=C(Nc1ccc(OCc2ccccc2)cc1)N(Cc1ccc(-c2ccc(CNC3CCCCC3)cc2)cc1)Cc1cccnc1. The van der Waals surface area contributed by atoms with Gasteiger partial charge in [0.05, 0.1) is 0 Å². The van der Waals surface area contributed by atoms with Gasteiger partial charge in [-0.25, -0.2) is 4.79 Å². The summed E-state index contributed by atoms with van der Waals surface area (Å²) in [4.78, 5) is 19.6. The summed E-state index contributed by atoms with van der Waals surface area (Å²) >= 11 is 0. The lowest BCUT2D eigenvalue weighted by Crippen LogP contribution is -2.34. The molecule has 4 aromatic carbocycles. The highest BCUT2D eigenvalue weighted by Crippen LogP contribution is 2.23. The maximum atomic E-state index is 13.5. The summed E-state index contributed by atoms with van der Waals surface area (Å²) in [6.45, 7) is 2.32. The maximum Gasteiger partial charge on any atom is 0.322 e. The van der Waals surface area contributed by atoms with Crippen LogP contribution < -0.4 is 15.4 Å². The molecule has 0 radical (unpaired) electrons. The monoisotopic (exact) mass is 610 g/mol. The number of nitrogens with one attached hydrogen (secondary N) is 2. The van der Waals surface area contributed by atoms with Crippen LogP contribution in [0.2, 0.25) is 0 Å². The molecule has 1 aliphatic carbocycles. The lowest BCUT2D eigenvalue weighted by molar-refractivity contribution is 0.206. The van der Waals surface area contributed by atoms with Crippen LogP contribution in [0.25, 0.3) is 11.1 Å². The molecule has 1 fully saturated rings. The number of rotatable bonds is 12.